The van der Waals surface area contributed by atoms with E-state index in [1.54, 1.807) is 33.2 Å². The monoisotopic (exact) mass is 265 g/mol. The van der Waals surface area contributed by atoms with Crippen LogP contribution in [0.5, 0.6) is 5.75 Å². The molecule has 6 nitrogen and oxygen atoms in total. The predicted octanol–water partition coefficient (Wildman–Crippen LogP) is 1.21. The van der Waals surface area contributed by atoms with Crippen molar-refractivity contribution in [1.82, 2.24) is 4.90 Å². The molecule has 3 N–H and O–H groups in total. The molecule has 0 aliphatic rings. The van der Waals surface area contributed by atoms with Gasteiger partial charge in [-0.05, 0) is 31.5 Å². The lowest BCUT2D eigenvalue weighted by atomic mass is 10.1. The number of benzene rings is 1. The number of likely N-dealkylation sites (N-methyl/N-ethyl adjacent to an activating group) is 1. The van der Waals surface area contributed by atoms with Crippen molar-refractivity contribution < 1.29 is 14.7 Å². The standard InChI is InChI=1S/C13H19N3O3/c1-8-5-6-10(7-11(8)19-4)13(17)16(3)9(2)12(14)15-18/h5-7,9,18H,1-4H3,(H2,14,15). The van der Waals surface area contributed by atoms with Crippen molar-refractivity contribution in [3.8, 4) is 5.75 Å². The van der Waals surface area contributed by atoms with Crippen LogP contribution < -0.4 is 10.5 Å². The molecule has 0 radical (unpaired) electrons. The molecule has 104 valence electrons. The minimum atomic E-state index is -0.496. The van der Waals surface area contributed by atoms with Crippen LogP contribution in [0.15, 0.2) is 23.4 Å². The quantitative estimate of drug-likeness (QED) is 0.371. The summed E-state index contributed by atoms with van der Waals surface area (Å²) in [5, 5.41) is 11.5. The van der Waals surface area contributed by atoms with E-state index in [1.165, 1.54) is 4.90 Å². The van der Waals surface area contributed by atoms with Crippen LogP contribution in [0.25, 0.3) is 0 Å². The molecular formula is C13H19N3O3. The Morgan fingerprint density at radius 2 is 2.16 bits per heavy atom. The first-order valence-electron chi connectivity index (χ1n) is 5.81. The highest BCUT2D eigenvalue weighted by atomic mass is 16.5. The smallest absolute Gasteiger partial charge is 0.254 e. The molecule has 0 fully saturated rings. The van der Waals surface area contributed by atoms with Crippen molar-refractivity contribution in [2.45, 2.75) is 19.9 Å². The molecule has 0 saturated carbocycles. The number of rotatable bonds is 4. The van der Waals surface area contributed by atoms with E-state index in [2.05, 4.69) is 5.16 Å². The molecule has 0 aliphatic heterocycles. The molecule has 0 aromatic heterocycles. The Morgan fingerprint density at radius 3 is 2.68 bits per heavy atom. The van der Waals surface area contributed by atoms with E-state index in [9.17, 15) is 4.79 Å². The maximum absolute atomic E-state index is 12.3. The lowest BCUT2D eigenvalue weighted by molar-refractivity contribution is 0.0776. The molecule has 1 unspecified atom stereocenters. The van der Waals surface area contributed by atoms with Crippen molar-refractivity contribution in [2.75, 3.05) is 14.2 Å². The van der Waals surface area contributed by atoms with Crippen LogP contribution in [0.4, 0.5) is 0 Å². The number of amides is 1. The first kappa shape index (κ1) is 14.8. The molecule has 1 aromatic rings. The Hall–Kier alpha value is -2.24. The summed E-state index contributed by atoms with van der Waals surface area (Å²) < 4.78 is 5.19. The zero-order valence-corrected chi connectivity index (χ0v) is 11.5. The van der Waals surface area contributed by atoms with Crippen molar-refractivity contribution in [2.24, 2.45) is 10.9 Å². The summed E-state index contributed by atoms with van der Waals surface area (Å²) in [5.41, 5.74) is 6.93. The Labute approximate surface area is 112 Å². The molecule has 6 heteroatoms. The van der Waals surface area contributed by atoms with Gasteiger partial charge in [-0.15, -0.1) is 0 Å². The van der Waals surface area contributed by atoms with Gasteiger partial charge in [0.1, 0.15) is 5.75 Å². The minimum absolute atomic E-state index is 0.0186. The number of carbonyl (C=O) groups is 1. The first-order valence-corrected chi connectivity index (χ1v) is 5.81. The Balaban J connectivity index is 3.00. The van der Waals surface area contributed by atoms with E-state index in [-0.39, 0.29) is 11.7 Å². The number of carbonyl (C=O) groups excluding carboxylic acids is 1. The summed E-state index contributed by atoms with van der Waals surface area (Å²) in [5.74, 6) is 0.406. The maximum Gasteiger partial charge on any atom is 0.254 e. The fourth-order valence-electron chi connectivity index (χ4n) is 1.61. The van der Waals surface area contributed by atoms with E-state index in [4.69, 9.17) is 15.7 Å². The van der Waals surface area contributed by atoms with Gasteiger partial charge >= 0.3 is 0 Å². The molecule has 1 atom stereocenters. The minimum Gasteiger partial charge on any atom is -0.496 e. The molecular weight excluding hydrogens is 246 g/mol. The third-order valence-electron chi connectivity index (χ3n) is 3.10. The van der Waals surface area contributed by atoms with Gasteiger partial charge in [0.15, 0.2) is 5.84 Å². The van der Waals surface area contributed by atoms with E-state index >= 15 is 0 Å². The summed E-state index contributed by atoms with van der Waals surface area (Å²) in [6.07, 6.45) is 0. The number of ether oxygens (including phenoxy) is 1. The zero-order valence-electron chi connectivity index (χ0n) is 11.5. The number of nitrogens with two attached hydrogens (primary N) is 1. The number of hydrogen-bond acceptors (Lipinski definition) is 4. The fraction of sp³-hybridized carbons (Fsp3) is 0.385. The number of aryl methyl sites for hydroxylation is 1. The van der Waals surface area contributed by atoms with Gasteiger partial charge in [0.25, 0.3) is 5.91 Å². The van der Waals surface area contributed by atoms with Gasteiger partial charge in [0, 0.05) is 12.6 Å². The molecule has 1 rings (SSSR count). The normalized spacial score (nSPS) is 12.9. The summed E-state index contributed by atoms with van der Waals surface area (Å²) in [6, 6.07) is 4.71. The third kappa shape index (κ3) is 3.15. The largest absolute Gasteiger partial charge is 0.496 e. The maximum atomic E-state index is 12.3. The van der Waals surface area contributed by atoms with Gasteiger partial charge in [0.05, 0.1) is 13.2 Å². The highest BCUT2D eigenvalue weighted by molar-refractivity contribution is 5.98. The van der Waals surface area contributed by atoms with Crippen molar-refractivity contribution in [1.29, 1.82) is 0 Å². The Morgan fingerprint density at radius 1 is 1.53 bits per heavy atom. The van der Waals surface area contributed by atoms with Crippen molar-refractivity contribution >= 4 is 11.7 Å². The number of nitrogens with zero attached hydrogens (tertiary/aromatic N) is 2. The van der Waals surface area contributed by atoms with Crippen LogP contribution in [0.3, 0.4) is 0 Å². The van der Waals surface area contributed by atoms with E-state index in [0.29, 0.717) is 11.3 Å². The van der Waals surface area contributed by atoms with Crippen molar-refractivity contribution in [3.05, 3.63) is 29.3 Å². The van der Waals surface area contributed by atoms with Gasteiger partial charge in [-0.3, -0.25) is 4.79 Å². The van der Waals surface area contributed by atoms with E-state index < -0.39 is 6.04 Å². The SMILES string of the molecule is COc1cc(C(=O)N(C)C(C)C(N)=NO)ccc1C. The average Bonchev–Trinajstić information content (AvgIpc) is 2.44. The highest BCUT2D eigenvalue weighted by Gasteiger charge is 2.21. The van der Waals surface area contributed by atoms with Gasteiger partial charge in [-0.25, -0.2) is 0 Å². The third-order valence-corrected chi connectivity index (χ3v) is 3.10. The molecule has 0 spiro atoms. The van der Waals surface area contributed by atoms with Crippen LogP contribution in [-0.2, 0) is 0 Å². The molecule has 0 aliphatic carbocycles. The molecule has 1 aromatic carbocycles. The average molecular weight is 265 g/mol. The lowest BCUT2D eigenvalue weighted by Gasteiger charge is -2.24. The van der Waals surface area contributed by atoms with Crippen LogP contribution in [0, 0.1) is 6.92 Å². The zero-order chi connectivity index (χ0) is 14.6. The highest BCUT2D eigenvalue weighted by Crippen LogP contribution is 2.20. The van der Waals surface area contributed by atoms with E-state index in [1.807, 2.05) is 13.0 Å². The second kappa shape index (κ2) is 6.08. The number of oxime groups is 1. The van der Waals surface area contributed by atoms with Crippen LogP contribution in [0.1, 0.15) is 22.8 Å². The Kier molecular flexibility index (Phi) is 4.74. The van der Waals surface area contributed by atoms with Crippen molar-refractivity contribution in [3.63, 3.8) is 0 Å². The van der Waals surface area contributed by atoms with Gasteiger partial charge in [-0.2, -0.15) is 0 Å². The lowest BCUT2D eigenvalue weighted by Crippen LogP contribution is -2.43. The van der Waals surface area contributed by atoms with Gasteiger partial charge in [-0.1, -0.05) is 11.2 Å². The second-order valence-corrected chi connectivity index (χ2v) is 4.30. The number of hydrogen-bond donors (Lipinski definition) is 2. The number of amidine groups is 1. The van der Waals surface area contributed by atoms with Gasteiger partial charge in [0.2, 0.25) is 0 Å². The predicted molar refractivity (Wildman–Crippen MR) is 72.7 cm³/mol. The topological polar surface area (TPSA) is 88.2 Å². The van der Waals surface area contributed by atoms with Crippen LogP contribution in [-0.4, -0.2) is 42.0 Å². The second-order valence-electron chi connectivity index (χ2n) is 4.30. The van der Waals surface area contributed by atoms with E-state index in [0.717, 1.165) is 5.56 Å². The fourth-order valence-corrected chi connectivity index (χ4v) is 1.61. The summed E-state index contributed by atoms with van der Waals surface area (Å²) >= 11 is 0. The molecule has 0 heterocycles. The molecule has 0 saturated heterocycles. The summed E-state index contributed by atoms with van der Waals surface area (Å²) in [6.45, 7) is 3.58. The molecule has 0 bridgehead atoms. The number of methoxy groups -OCH3 is 1. The Bertz CT molecular complexity index is 500. The summed E-state index contributed by atoms with van der Waals surface area (Å²) in [7, 11) is 3.15. The summed E-state index contributed by atoms with van der Waals surface area (Å²) in [4.78, 5) is 13.7. The van der Waals surface area contributed by atoms with Crippen LogP contribution >= 0.6 is 0 Å². The van der Waals surface area contributed by atoms with Crippen LogP contribution in [0.2, 0.25) is 0 Å². The van der Waals surface area contributed by atoms with Gasteiger partial charge < -0.3 is 20.6 Å². The first-order chi connectivity index (χ1) is 8.92. The molecule has 1 amide bonds. The molecule has 19 heavy (non-hydrogen) atoms.